The largest absolute Gasteiger partial charge is 0.312 e. The molecule has 0 unspecified atom stereocenters. The standard InChI is InChI=1S/C16H14N4O3S2/c21-15-5-2-10-20(15)12-8-6-11(7-9-12)19-25(22,23)14-4-1-3-13-16(14)18-24-17-13/h1,3-4,6-9,19H,2,5,10H2. The smallest absolute Gasteiger partial charge is 0.264 e. The molecule has 0 aliphatic carbocycles. The molecule has 0 atom stereocenters. The molecule has 1 aromatic heterocycles. The monoisotopic (exact) mass is 374 g/mol. The summed E-state index contributed by atoms with van der Waals surface area (Å²) in [6.45, 7) is 0.697. The summed E-state index contributed by atoms with van der Waals surface area (Å²) in [5, 5.41) is 0. The highest BCUT2D eigenvalue weighted by Gasteiger charge is 2.22. The van der Waals surface area contributed by atoms with Gasteiger partial charge in [-0.3, -0.25) is 9.52 Å². The van der Waals surface area contributed by atoms with Crippen LogP contribution in [0.1, 0.15) is 12.8 Å². The topological polar surface area (TPSA) is 92.3 Å². The van der Waals surface area contributed by atoms with Crippen LogP contribution in [0.2, 0.25) is 0 Å². The number of aromatic nitrogens is 2. The van der Waals surface area contributed by atoms with Crippen LogP contribution in [-0.4, -0.2) is 29.6 Å². The summed E-state index contributed by atoms with van der Waals surface area (Å²) >= 11 is 0.976. The van der Waals surface area contributed by atoms with Crippen molar-refractivity contribution in [3.05, 3.63) is 42.5 Å². The van der Waals surface area contributed by atoms with Crippen molar-refractivity contribution in [1.82, 2.24) is 8.75 Å². The Morgan fingerprint density at radius 2 is 1.88 bits per heavy atom. The minimum absolute atomic E-state index is 0.0936. The number of benzene rings is 2. The first-order valence-electron chi connectivity index (χ1n) is 7.69. The normalized spacial score (nSPS) is 15.0. The predicted molar refractivity (Wildman–Crippen MR) is 96.3 cm³/mol. The predicted octanol–water partition coefficient (Wildman–Crippen LogP) is 2.62. The summed E-state index contributed by atoms with van der Waals surface area (Å²) in [5.74, 6) is 0.0936. The second-order valence-corrected chi connectivity index (χ2v) is 7.87. The zero-order valence-corrected chi connectivity index (χ0v) is 14.7. The third-order valence-corrected chi connectivity index (χ3v) is 6.00. The van der Waals surface area contributed by atoms with Gasteiger partial charge in [0, 0.05) is 24.3 Å². The van der Waals surface area contributed by atoms with E-state index in [1.54, 1.807) is 41.3 Å². The first-order chi connectivity index (χ1) is 12.0. The Bertz CT molecular complexity index is 1040. The fraction of sp³-hybridized carbons (Fsp3) is 0.188. The second kappa shape index (κ2) is 6.08. The van der Waals surface area contributed by atoms with Crippen LogP contribution in [0.5, 0.6) is 0 Å². The van der Waals surface area contributed by atoms with Gasteiger partial charge in [-0.25, -0.2) is 8.42 Å². The van der Waals surface area contributed by atoms with E-state index in [4.69, 9.17) is 0 Å². The molecule has 1 fully saturated rings. The number of anilines is 2. The van der Waals surface area contributed by atoms with Gasteiger partial charge in [-0.1, -0.05) is 6.07 Å². The molecule has 25 heavy (non-hydrogen) atoms. The first-order valence-corrected chi connectivity index (χ1v) is 9.90. The van der Waals surface area contributed by atoms with Crippen molar-refractivity contribution in [2.75, 3.05) is 16.2 Å². The first kappa shape index (κ1) is 16.0. The lowest BCUT2D eigenvalue weighted by Gasteiger charge is -2.16. The van der Waals surface area contributed by atoms with Crippen molar-refractivity contribution in [3.63, 3.8) is 0 Å². The van der Waals surface area contributed by atoms with E-state index in [2.05, 4.69) is 13.5 Å². The Morgan fingerprint density at radius 3 is 2.60 bits per heavy atom. The number of hydrogen-bond donors (Lipinski definition) is 1. The maximum atomic E-state index is 12.7. The molecular formula is C16H14N4O3S2. The number of rotatable bonds is 4. The zero-order chi connectivity index (χ0) is 17.4. The van der Waals surface area contributed by atoms with E-state index in [0.717, 1.165) is 23.8 Å². The molecule has 7 nitrogen and oxygen atoms in total. The van der Waals surface area contributed by atoms with Crippen molar-refractivity contribution in [2.24, 2.45) is 0 Å². The number of fused-ring (bicyclic) bond motifs is 1. The van der Waals surface area contributed by atoms with E-state index >= 15 is 0 Å². The van der Waals surface area contributed by atoms with Crippen LogP contribution in [0.4, 0.5) is 11.4 Å². The summed E-state index contributed by atoms with van der Waals surface area (Å²) in [6.07, 6.45) is 1.40. The highest BCUT2D eigenvalue weighted by Crippen LogP contribution is 2.26. The van der Waals surface area contributed by atoms with Crippen LogP contribution in [0, 0.1) is 0 Å². The number of amides is 1. The summed E-state index contributed by atoms with van der Waals surface area (Å²) in [6, 6.07) is 11.7. The minimum atomic E-state index is -3.78. The van der Waals surface area contributed by atoms with Crippen LogP contribution in [0.25, 0.3) is 11.0 Å². The van der Waals surface area contributed by atoms with E-state index in [1.807, 2.05) is 0 Å². The van der Waals surface area contributed by atoms with E-state index in [-0.39, 0.29) is 10.8 Å². The average Bonchev–Trinajstić information content (AvgIpc) is 3.23. The molecule has 0 spiro atoms. The maximum Gasteiger partial charge on any atom is 0.264 e. The van der Waals surface area contributed by atoms with Crippen LogP contribution >= 0.6 is 11.7 Å². The van der Waals surface area contributed by atoms with Gasteiger partial charge >= 0.3 is 0 Å². The second-order valence-electron chi connectivity index (χ2n) is 5.69. The number of nitrogens with zero attached hydrogens (tertiary/aromatic N) is 3. The molecule has 9 heteroatoms. The SMILES string of the molecule is O=C1CCCN1c1ccc(NS(=O)(=O)c2cccc3nsnc23)cc1. The van der Waals surface area contributed by atoms with Gasteiger partial charge in [-0.05, 0) is 42.8 Å². The van der Waals surface area contributed by atoms with Crippen LogP contribution in [-0.2, 0) is 14.8 Å². The molecule has 4 rings (SSSR count). The van der Waals surface area contributed by atoms with E-state index in [1.165, 1.54) is 6.07 Å². The summed E-state index contributed by atoms with van der Waals surface area (Å²) in [7, 11) is -3.78. The third-order valence-electron chi connectivity index (χ3n) is 4.04. The molecule has 1 N–H and O–H groups in total. The van der Waals surface area contributed by atoms with E-state index in [9.17, 15) is 13.2 Å². The van der Waals surface area contributed by atoms with Gasteiger partial charge < -0.3 is 4.90 Å². The number of carbonyl (C=O) groups is 1. The van der Waals surface area contributed by atoms with Gasteiger partial charge in [0.25, 0.3) is 10.0 Å². The summed E-state index contributed by atoms with van der Waals surface area (Å²) in [5.41, 5.74) is 2.11. The molecule has 1 aliphatic rings. The minimum Gasteiger partial charge on any atom is -0.312 e. The Balaban J connectivity index is 1.61. The van der Waals surface area contributed by atoms with Crippen molar-refractivity contribution < 1.29 is 13.2 Å². The fourth-order valence-corrected chi connectivity index (χ4v) is 4.67. The number of sulfonamides is 1. The fourth-order valence-electron chi connectivity index (χ4n) is 2.84. The van der Waals surface area contributed by atoms with Gasteiger partial charge in [-0.2, -0.15) is 8.75 Å². The lowest BCUT2D eigenvalue weighted by atomic mass is 10.2. The molecule has 0 saturated carbocycles. The van der Waals surface area contributed by atoms with Crippen LogP contribution in [0.15, 0.2) is 47.4 Å². The quantitative estimate of drug-likeness (QED) is 0.758. The summed E-state index contributed by atoms with van der Waals surface area (Å²) in [4.78, 5) is 13.6. The maximum absolute atomic E-state index is 12.7. The van der Waals surface area contributed by atoms with Gasteiger partial charge in [0.2, 0.25) is 5.91 Å². The Kier molecular flexibility index (Phi) is 3.89. The van der Waals surface area contributed by atoms with Crippen molar-refractivity contribution in [2.45, 2.75) is 17.7 Å². The van der Waals surface area contributed by atoms with E-state index < -0.39 is 10.0 Å². The Hall–Kier alpha value is -2.52. The Labute approximate surface area is 148 Å². The van der Waals surface area contributed by atoms with Crippen LogP contribution in [0.3, 0.4) is 0 Å². The molecule has 1 saturated heterocycles. The molecule has 2 aromatic carbocycles. The number of hydrogen-bond acceptors (Lipinski definition) is 6. The van der Waals surface area contributed by atoms with Gasteiger partial charge in [0.05, 0.1) is 11.7 Å². The number of carbonyl (C=O) groups excluding carboxylic acids is 1. The van der Waals surface area contributed by atoms with Crippen molar-refractivity contribution >= 4 is 50.1 Å². The average molecular weight is 374 g/mol. The molecule has 1 amide bonds. The third kappa shape index (κ3) is 2.96. The zero-order valence-electron chi connectivity index (χ0n) is 13.0. The van der Waals surface area contributed by atoms with Gasteiger partial charge in [0.15, 0.2) is 0 Å². The number of nitrogens with one attached hydrogen (secondary N) is 1. The molecular weight excluding hydrogens is 360 g/mol. The molecule has 2 heterocycles. The lowest BCUT2D eigenvalue weighted by molar-refractivity contribution is -0.117. The highest BCUT2D eigenvalue weighted by atomic mass is 32.2. The lowest BCUT2D eigenvalue weighted by Crippen LogP contribution is -2.23. The van der Waals surface area contributed by atoms with Crippen molar-refractivity contribution in [1.29, 1.82) is 0 Å². The van der Waals surface area contributed by atoms with Crippen molar-refractivity contribution in [3.8, 4) is 0 Å². The molecule has 1 aliphatic heterocycles. The van der Waals surface area contributed by atoms with Crippen LogP contribution < -0.4 is 9.62 Å². The molecule has 128 valence electrons. The van der Waals surface area contributed by atoms with E-state index in [0.29, 0.717) is 29.7 Å². The molecule has 3 aromatic rings. The molecule has 0 radical (unpaired) electrons. The summed E-state index contributed by atoms with van der Waals surface area (Å²) < 4.78 is 36.0. The molecule has 0 bridgehead atoms. The van der Waals surface area contributed by atoms with Gasteiger partial charge in [-0.15, -0.1) is 0 Å². The Morgan fingerprint density at radius 1 is 1.08 bits per heavy atom. The highest BCUT2D eigenvalue weighted by molar-refractivity contribution is 7.93. The van der Waals surface area contributed by atoms with Gasteiger partial charge in [0.1, 0.15) is 15.9 Å².